The molecule has 0 spiro atoms. The highest BCUT2D eigenvalue weighted by molar-refractivity contribution is 7.85. The van der Waals surface area contributed by atoms with E-state index in [4.69, 9.17) is 17.3 Å². The van der Waals surface area contributed by atoms with Crippen molar-refractivity contribution in [1.82, 2.24) is 0 Å². The van der Waals surface area contributed by atoms with E-state index < -0.39 is 10.8 Å². The van der Waals surface area contributed by atoms with Gasteiger partial charge >= 0.3 is 0 Å². The molecule has 1 rings (SSSR count). The van der Waals surface area contributed by atoms with Gasteiger partial charge in [0.25, 0.3) is 0 Å². The molecule has 0 aliphatic heterocycles. The van der Waals surface area contributed by atoms with Crippen LogP contribution in [-0.4, -0.2) is 27.7 Å². The van der Waals surface area contributed by atoms with Gasteiger partial charge in [-0.3, -0.25) is 9.00 Å². The van der Waals surface area contributed by atoms with E-state index in [-0.39, 0.29) is 17.7 Å². The zero-order valence-electron chi connectivity index (χ0n) is 9.48. The molecule has 0 radical (unpaired) electrons. The Hall–Kier alpha value is -0.910. The highest BCUT2D eigenvalue weighted by atomic mass is 35.5. The van der Waals surface area contributed by atoms with Crippen LogP contribution in [0.25, 0.3) is 0 Å². The second-order valence-electron chi connectivity index (χ2n) is 3.78. The van der Waals surface area contributed by atoms with Crippen LogP contribution < -0.4 is 11.1 Å². The topological polar surface area (TPSA) is 72.2 Å². The lowest BCUT2D eigenvalue weighted by Crippen LogP contribution is -2.28. The van der Waals surface area contributed by atoms with E-state index in [1.165, 1.54) is 0 Å². The molecular weight excluding hydrogens is 260 g/mol. The van der Waals surface area contributed by atoms with Crippen LogP contribution >= 0.6 is 11.6 Å². The van der Waals surface area contributed by atoms with Crippen LogP contribution in [0.2, 0.25) is 5.02 Å². The number of hydrogen-bond donors (Lipinski definition) is 2. The Kier molecular flexibility index (Phi) is 5.61. The molecule has 3 N–H and O–H groups in total. The maximum Gasteiger partial charge on any atom is 0.236 e. The summed E-state index contributed by atoms with van der Waals surface area (Å²) in [5.74, 6) is 0.00406. The standard InChI is InChI=1S/C11H15ClN2O2S/c1-8(13)6-17(16)7-11(15)14-10-4-2-9(12)3-5-10/h2-5,8H,6-7,13H2,1H3,(H,14,15). The third-order valence-electron chi connectivity index (χ3n) is 1.87. The molecule has 0 saturated heterocycles. The molecule has 1 aromatic rings. The minimum Gasteiger partial charge on any atom is -0.327 e. The number of nitrogens with two attached hydrogens (primary N) is 1. The maximum absolute atomic E-state index is 11.5. The molecule has 17 heavy (non-hydrogen) atoms. The molecule has 0 heterocycles. The lowest BCUT2D eigenvalue weighted by Gasteiger charge is -2.06. The smallest absolute Gasteiger partial charge is 0.236 e. The van der Waals surface area contributed by atoms with Gasteiger partial charge in [-0.2, -0.15) is 0 Å². The Balaban J connectivity index is 2.44. The Morgan fingerprint density at radius 2 is 2.06 bits per heavy atom. The van der Waals surface area contributed by atoms with Crippen molar-refractivity contribution in [2.75, 3.05) is 16.8 Å². The van der Waals surface area contributed by atoms with Crippen LogP contribution in [-0.2, 0) is 15.6 Å². The molecule has 94 valence electrons. The van der Waals surface area contributed by atoms with Crippen LogP contribution in [0, 0.1) is 0 Å². The number of amides is 1. The zero-order valence-corrected chi connectivity index (χ0v) is 11.1. The normalized spacial score (nSPS) is 14.1. The van der Waals surface area contributed by atoms with Gasteiger partial charge in [0.15, 0.2) is 0 Å². The summed E-state index contributed by atoms with van der Waals surface area (Å²) in [7, 11) is -1.22. The Labute approximate surface area is 108 Å². The fourth-order valence-electron chi connectivity index (χ4n) is 1.23. The summed E-state index contributed by atoms with van der Waals surface area (Å²) in [6, 6.07) is 6.56. The molecule has 0 aliphatic carbocycles. The molecule has 0 bridgehead atoms. The minimum atomic E-state index is -1.22. The monoisotopic (exact) mass is 274 g/mol. The van der Waals surface area contributed by atoms with E-state index in [1.54, 1.807) is 31.2 Å². The van der Waals surface area contributed by atoms with Gasteiger partial charge in [0.05, 0.1) is 0 Å². The predicted molar refractivity (Wildman–Crippen MR) is 71.6 cm³/mol. The quantitative estimate of drug-likeness (QED) is 0.852. The zero-order chi connectivity index (χ0) is 12.8. The molecule has 0 aromatic heterocycles. The van der Waals surface area contributed by atoms with Crippen LogP contribution in [0.15, 0.2) is 24.3 Å². The van der Waals surface area contributed by atoms with E-state index in [0.717, 1.165) is 0 Å². The molecule has 0 fully saturated rings. The number of hydrogen-bond acceptors (Lipinski definition) is 3. The van der Waals surface area contributed by atoms with Gasteiger partial charge in [0.2, 0.25) is 5.91 Å². The van der Waals surface area contributed by atoms with Crippen molar-refractivity contribution >= 4 is 34.0 Å². The van der Waals surface area contributed by atoms with Gasteiger partial charge in [-0.1, -0.05) is 11.6 Å². The Bertz CT molecular complexity index is 406. The molecule has 2 atom stereocenters. The maximum atomic E-state index is 11.5. The molecule has 0 saturated carbocycles. The third kappa shape index (κ3) is 5.81. The van der Waals surface area contributed by atoms with Gasteiger partial charge in [0, 0.05) is 33.3 Å². The molecule has 0 aliphatic rings. The van der Waals surface area contributed by atoms with Crippen molar-refractivity contribution in [2.24, 2.45) is 5.73 Å². The third-order valence-corrected chi connectivity index (χ3v) is 3.60. The molecule has 1 aromatic carbocycles. The first-order valence-electron chi connectivity index (χ1n) is 5.13. The molecule has 4 nitrogen and oxygen atoms in total. The molecule has 6 heteroatoms. The second kappa shape index (κ2) is 6.74. The number of carbonyl (C=O) groups is 1. The number of nitrogens with one attached hydrogen (secondary N) is 1. The van der Waals surface area contributed by atoms with E-state index in [2.05, 4.69) is 5.32 Å². The summed E-state index contributed by atoms with van der Waals surface area (Å²) >= 11 is 5.71. The minimum absolute atomic E-state index is 0.0375. The largest absolute Gasteiger partial charge is 0.327 e. The Morgan fingerprint density at radius 1 is 1.47 bits per heavy atom. The van der Waals surface area contributed by atoms with E-state index >= 15 is 0 Å². The number of benzene rings is 1. The van der Waals surface area contributed by atoms with Gasteiger partial charge in [-0.15, -0.1) is 0 Å². The van der Waals surface area contributed by atoms with Crippen molar-refractivity contribution in [2.45, 2.75) is 13.0 Å². The van der Waals surface area contributed by atoms with Crippen molar-refractivity contribution in [3.05, 3.63) is 29.3 Å². The van der Waals surface area contributed by atoms with Crippen LogP contribution in [0.3, 0.4) is 0 Å². The summed E-state index contributed by atoms with van der Waals surface area (Å²) in [6.07, 6.45) is 0. The summed E-state index contributed by atoms with van der Waals surface area (Å²) in [6.45, 7) is 1.76. The lowest BCUT2D eigenvalue weighted by atomic mass is 10.3. The fourth-order valence-corrected chi connectivity index (χ4v) is 2.42. The molecule has 2 unspecified atom stereocenters. The van der Waals surface area contributed by atoms with Gasteiger partial charge in [0.1, 0.15) is 5.75 Å². The predicted octanol–water partition coefficient (Wildman–Crippen LogP) is 1.37. The number of carbonyl (C=O) groups excluding carboxylic acids is 1. The van der Waals surface area contributed by atoms with Gasteiger partial charge < -0.3 is 11.1 Å². The van der Waals surface area contributed by atoms with Crippen molar-refractivity contribution in [3.8, 4) is 0 Å². The molecule has 1 amide bonds. The summed E-state index contributed by atoms with van der Waals surface area (Å²) in [5.41, 5.74) is 6.14. The first kappa shape index (κ1) is 14.2. The van der Waals surface area contributed by atoms with Crippen molar-refractivity contribution in [3.63, 3.8) is 0 Å². The van der Waals surface area contributed by atoms with Crippen LogP contribution in [0.4, 0.5) is 5.69 Å². The highest BCUT2D eigenvalue weighted by Gasteiger charge is 2.09. The average molecular weight is 275 g/mol. The van der Waals surface area contributed by atoms with E-state index in [1.807, 2.05) is 0 Å². The lowest BCUT2D eigenvalue weighted by molar-refractivity contribution is -0.113. The van der Waals surface area contributed by atoms with Gasteiger partial charge in [-0.05, 0) is 31.2 Å². The highest BCUT2D eigenvalue weighted by Crippen LogP contribution is 2.13. The van der Waals surface area contributed by atoms with Crippen molar-refractivity contribution in [1.29, 1.82) is 0 Å². The van der Waals surface area contributed by atoms with Crippen molar-refractivity contribution < 1.29 is 9.00 Å². The first-order chi connectivity index (χ1) is 7.97. The fraction of sp³-hybridized carbons (Fsp3) is 0.364. The summed E-state index contributed by atoms with van der Waals surface area (Å²) in [4.78, 5) is 11.5. The number of rotatable bonds is 5. The summed E-state index contributed by atoms with van der Waals surface area (Å²) < 4.78 is 11.5. The second-order valence-corrected chi connectivity index (χ2v) is 5.72. The van der Waals surface area contributed by atoms with Gasteiger partial charge in [-0.25, -0.2) is 0 Å². The Morgan fingerprint density at radius 3 is 2.59 bits per heavy atom. The number of anilines is 1. The van der Waals surface area contributed by atoms with E-state index in [9.17, 15) is 9.00 Å². The van der Waals surface area contributed by atoms with E-state index in [0.29, 0.717) is 16.5 Å². The average Bonchev–Trinajstić information content (AvgIpc) is 2.19. The molecular formula is C11H15ClN2O2S. The summed E-state index contributed by atoms with van der Waals surface area (Å²) in [5, 5.41) is 3.24. The SMILES string of the molecule is CC(N)CS(=O)CC(=O)Nc1ccc(Cl)cc1. The van der Waals surface area contributed by atoms with Crippen LogP contribution in [0.1, 0.15) is 6.92 Å². The number of halogens is 1. The van der Waals surface area contributed by atoms with Crippen LogP contribution in [0.5, 0.6) is 0 Å². The first-order valence-corrected chi connectivity index (χ1v) is 7.00.